The Kier molecular flexibility index (Phi) is 9.50. The van der Waals surface area contributed by atoms with E-state index in [2.05, 4.69) is 10.1 Å². The van der Waals surface area contributed by atoms with Crippen molar-refractivity contribution in [2.24, 2.45) is 0 Å². The zero-order valence-corrected chi connectivity index (χ0v) is 23.2. The van der Waals surface area contributed by atoms with Crippen LogP contribution in [0.4, 0.5) is 35.1 Å². The molecule has 4 nitrogen and oxygen atoms in total. The van der Waals surface area contributed by atoms with Crippen LogP contribution in [-0.4, -0.2) is 24.5 Å². The zero-order valence-electron chi connectivity index (χ0n) is 23.2. The van der Waals surface area contributed by atoms with Crippen LogP contribution in [0, 0.1) is 23.3 Å². The van der Waals surface area contributed by atoms with Crippen LogP contribution in [-0.2, 0) is 12.0 Å². The van der Waals surface area contributed by atoms with Gasteiger partial charge in [0.1, 0.15) is 23.2 Å². The summed E-state index contributed by atoms with van der Waals surface area (Å²) >= 11 is 0. The van der Waals surface area contributed by atoms with Gasteiger partial charge in [0.05, 0.1) is 17.2 Å². The topological polar surface area (TPSA) is 47.6 Å². The fraction of sp³-hybridized carbons (Fsp3) is 0.219. The molecule has 1 atom stereocenters. The molecule has 0 radical (unpaired) electrons. The minimum Gasteiger partial charge on any atom is -0.488 e. The molecular formula is C32H25F8NO3. The SMILES string of the molecule is CC(C)Oc1cc([C@@](Cc2ccccc2)(NC(=O)c2ccc(F)cc2F)c2cc(F)cc(OC(F)(F)C(F)F)c2)ccc1F. The number of nitrogens with one attached hydrogen (secondary N) is 1. The van der Waals surface area contributed by atoms with Gasteiger partial charge in [-0.05, 0) is 66.9 Å². The molecule has 0 unspecified atom stereocenters. The average Bonchev–Trinajstić information content (AvgIpc) is 2.93. The molecule has 0 aromatic heterocycles. The van der Waals surface area contributed by atoms with Gasteiger partial charge in [-0.1, -0.05) is 36.4 Å². The van der Waals surface area contributed by atoms with Crippen LogP contribution in [0.2, 0.25) is 0 Å². The van der Waals surface area contributed by atoms with E-state index in [-0.39, 0.29) is 23.3 Å². The van der Waals surface area contributed by atoms with Gasteiger partial charge < -0.3 is 14.8 Å². The van der Waals surface area contributed by atoms with Gasteiger partial charge in [0.2, 0.25) is 0 Å². The molecule has 4 rings (SSSR count). The van der Waals surface area contributed by atoms with Gasteiger partial charge in [-0.15, -0.1) is 0 Å². The van der Waals surface area contributed by atoms with Crippen molar-refractivity contribution < 1.29 is 49.4 Å². The maximum atomic E-state index is 15.1. The summed E-state index contributed by atoms with van der Waals surface area (Å²) in [4.78, 5) is 13.6. The van der Waals surface area contributed by atoms with Crippen molar-refractivity contribution in [3.05, 3.63) is 130 Å². The lowest BCUT2D eigenvalue weighted by molar-refractivity contribution is -0.253. The van der Waals surface area contributed by atoms with Crippen molar-refractivity contribution in [1.29, 1.82) is 0 Å². The molecule has 0 heterocycles. The maximum Gasteiger partial charge on any atom is 0.461 e. The second-order valence-electron chi connectivity index (χ2n) is 10.1. The fourth-order valence-corrected chi connectivity index (χ4v) is 4.58. The second-order valence-corrected chi connectivity index (χ2v) is 10.1. The summed E-state index contributed by atoms with van der Waals surface area (Å²) < 4.78 is 122. The van der Waals surface area contributed by atoms with Crippen molar-refractivity contribution in [3.63, 3.8) is 0 Å². The molecule has 232 valence electrons. The van der Waals surface area contributed by atoms with E-state index < -0.39 is 64.7 Å². The van der Waals surface area contributed by atoms with Crippen molar-refractivity contribution in [2.45, 2.75) is 44.4 Å². The third-order valence-corrected chi connectivity index (χ3v) is 6.47. The fourth-order valence-electron chi connectivity index (χ4n) is 4.58. The van der Waals surface area contributed by atoms with Crippen molar-refractivity contribution >= 4 is 5.91 Å². The van der Waals surface area contributed by atoms with E-state index in [1.807, 2.05) is 0 Å². The molecule has 0 bridgehead atoms. The molecule has 0 saturated carbocycles. The molecule has 0 aliphatic carbocycles. The number of carbonyl (C=O) groups excluding carboxylic acids is 1. The number of halogens is 8. The van der Waals surface area contributed by atoms with Gasteiger partial charge >= 0.3 is 12.5 Å². The van der Waals surface area contributed by atoms with E-state index in [0.29, 0.717) is 17.7 Å². The van der Waals surface area contributed by atoms with Crippen LogP contribution in [0.1, 0.15) is 40.9 Å². The summed E-state index contributed by atoms with van der Waals surface area (Å²) in [6.07, 6.45) is -10.1. The summed E-state index contributed by atoms with van der Waals surface area (Å²) in [7, 11) is 0. The molecular weight excluding hydrogens is 598 g/mol. The van der Waals surface area contributed by atoms with Crippen molar-refractivity contribution in [1.82, 2.24) is 5.32 Å². The predicted octanol–water partition coefficient (Wildman–Crippen LogP) is 8.18. The van der Waals surface area contributed by atoms with E-state index >= 15 is 4.39 Å². The number of benzene rings is 4. The Morgan fingerprint density at radius 3 is 2.14 bits per heavy atom. The highest BCUT2D eigenvalue weighted by Crippen LogP contribution is 2.40. The van der Waals surface area contributed by atoms with Gasteiger partial charge in [0.25, 0.3) is 5.91 Å². The first kappa shape index (κ1) is 32.3. The molecule has 4 aromatic rings. The molecule has 0 aliphatic heterocycles. The maximum absolute atomic E-state index is 15.1. The highest BCUT2D eigenvalue weighted by molar-refractivity contribution is 5.95. The van der Waals surface area contributed by atoms with E-state index in [1.165, 1.54) is 12.1 Å². The van der Waals surface area contributed by atoms with Gasteiger partial charge in [-0.2, -0.15) is 17.6 Å². The molecule has 12 heteroatoms. The van der Waals surface area contributed by atoms with Crippen LogP contribution in [0.5, 0.6) is 11.5 Å². The van der Waals surface area contributed by atoms with Gasteiger partial charge in [-0.25, -0.2) is 17.6 Å². The predicted molar refractivity (Wildman–Crippen MR) is 145 cm³/mol. The smallest absolute Gasteiger partial charge is 0.461 e. The number of ether oxygens (including phenoxy) is 2. The van der Waals surface area contributed by atoms with Gasteiger partial charge in [0, 0.05) is 18.6 Å². The quantitative estimate of drug-likeness (QED) is 0.172. The molecule has 0 fully saturated rings. The number of amides is 1. The van der Waals surface area contributed by atoms with E-state index in [9.17, 15) is 35.5 Å². The number of carbonyl (C=O) groups is 1. The first-order valence-electron chi connectivity index (χ1n) is 13.1. The van der Waals surface area contributed by atoms with E-state index in [1.54, 1.807) is 44.2 Å². The normalized spacial score (nSPS) is 13.1. The van der Waals surface area contributed by atoms with Crippen LogP contribution in [0.25, 0.3) is 0 Å². The lowest BCUT2D eigenvalue weighted by Crippen LogP contribution is -2.49. The Morgan fingerprint density at radius 2 is 1.50 bits per heavy atom. The standard InChI is InChI=1S/C32H25F8NO3/c1-18(2)43-28-14-20(8-11-26(28)35)31(17-19-6-4-3-5-7-19,41-29(42)25-10-9-22(33)16-27(25)36)21-12-23(34)15-24(13-21)44-32(39,40)30(37)38/h3-16,18,30H,17H2,1-2H3,(H,41,42)/t31-/m1/s1. The van der Waals surface area contributed by atoms with Crippen LogP contribution >= 0.6 is 0 Å². The van der Waals surface area contributed by atoms with Gasteiger partial charge in [0.15, 0.2) is 11.6 Å². The van der Waals surface area contributed by atoms with E-state index in [0.717, 1.165) is 30.3 Å². The van der Waals surface area contributed by atoms with Crippen LogP contribution in [0.3, 0.4) is 0 Å². The van der Waals surface area contributed by atoms with Crippen LogP contribution < -0.4 is 14.8 Å². The number of rotatable bonds is 11. The number of alkyl halides is 4. The summed E-state index contributed by atoms with van der Waals surface area (Å²) in [6.45, 7) is 3.23. The Labute approximate surface area is 247 Å². The van der Waals surface area contributed by atoms with Crippen molar-refractivity contribution in [2.75, 3.05) is 0 Å². The second kappa shape index (κ2) is 12.9. The lowest BCUT2D eigenvalue weighted by atomic mass is 9.77. The number of hydrogen-bond donors (Lipinski definition) is 1. The summed E-state index contributed by atoms with van der Waals surface area (Å²) in [5, 5.41) is 2.59. The summed E-state index contributed by atoms with van der Waals surface area (Å²) in [5.74, 6) is -6.73. The third kappa shape index (κ3) is 7.29. The molecule has 0 saturated heterocycles. The average molecular weight is 624 g/mol. The third-order valence-electron chi connectivity index (χ3n) is 6.47. The first-order chi connectivity index (χ1) is 20.7. The monoisotopic (exact) mass is 623 g/mol. The molecule has 1 amide bonds. The molecule has 44 heavy (non-hydrogen) atoms. The number of hydrogen-bond acceptors (Lipinski definition) is 3. The van der Waals surface area contributed by atoms with Gasteiger partial charge in [-0.3, -0.25) is 4.79 Å². The Bertz CT molecular complexity index is 1630. The molecule has 1 N–H and O–H groups in total. The van der Waals surface area contributed by atoms with Crippen molar-refractivity contribution in [3.8, 4) is 11.5 Å². The molecule has 0 spiro atoms. The van der Waals surface area contributed by atoms with E-state index in [4.69, 9.17) is 4.74 Å². The highest BCUT2D eigenvalue weighted by Gasteiger charge is 2.45. The van der Waals surface area contributed by atoms with Crippen LogP contribution in [0.15, 0.2) is 84.9 Å². The summed E-state index contributed by atoms with van der Waals surface area (Å²) in [5.41, 5.74) is -2.53. The minimum absolute atomic E-state index is 0.00597. The minimum atomic E-state index is -5.01. The molecule has 0 aliphatic rings. The molecule has 4 aromatic carbocycles. The summed E-state index contributed by atoms with van der Waals surface area (Å²) in [6, 6.07) is 15.7. The highest BCUT2D eigenvalue weighted by atomic mass is 19.3. The Balaban J connectivity index is 2.02. The Hall–Kier alpha value is -4.61. The first-order valence-corrected chi connectivity index (χ1v) is 13.1. The zero-order chi connectivity index (χ0) is 32.2. The largest absolute Gasteiger partial charge is 0.488 e. The lowest BCUT2D eigenvalue weighted by Gasteiger charge is -2.37. The Morgan fingerprint density at radius 1 is 0.795 bits per heavy atom.